The second-order valence-electron chi connectivity index (χ2n) is 5.15. The highest BCUT2D eigenvalue weighted by Gasteiger charge is 2.50. The van der Waals surface area contributed by atoms with Crippen molar-refractivity contribution in [2.75, 3.05) is 18.0 Å². The lowest BCUT2D eigenvalue weighted by Gasteiger charge is -2.20. The van der Waals surface area contributed by atoms with Gasteiger partial charge in [0.25, 0.3) is 0 Å². The molecule has 0 spiro atoms. The average molecular weight is 262 g/mol. The monoisotopic (exact) mass is 262 g/mol. The Balaban J connectivity index is 2.43. The van der Waals surface area contributed by atoms with Crippen molar-refractivity contribution in [3.8, 4) is 0 Å². The van der Waals surface area contributed by atoms with Crippen LogP contribution in [0.15, 0.2) is 24.3 Å². The summed E-state index contributed by atoms with van der Waals surface area (Å²) in [6.07, 6.45) is 1.88. The van der Waals surface area contributed by atoms with Gasteiger partial charge in [0.1, 0.15) is 5.41 Å². The van der Waals surface area contributed by atoms with Crippen LogP contribution in [0.4, 0.5) is 5.69 Å². The zero-order valence-corrected chi connectivity index (χ0v) is 11.3. The van der Waals surface area contributed by atoms with Gasteiger partial charge in [0, 0.05) is 17.2 Å². The van der Waals surface area contributed by atoms with E-state index < -0.39 is 10.3 Å². The topological polar surface area (TPSA) is 63.5 Å². The van der Waals surface area contributed by atoms with Crippen molar-refractivity contribution in [3.05, 3.63) is 39.9 Å². The highest BCUT2D eigenvalue weighted by molar-refractivity contribution is 6.07. The van der Waals surface area contributed by atoms with Crippen molar-refractivity contribution in [2.45, 2.75) is 32.1 Å². The predicted octanol–water partition coefficient (Wildman–Crippen LogP) is 2.37. The standard InChI is InChI=1S/C14H18N2O3/c1-3-4-9-15-12-8-6-5-7-11(12)14(2,13(15)17)10-16(18)19/h5-8H,3-4,9-10H2,1-2H3. The third-order valence-corrected chi connectivity index (χ3v) is 3.69. The average Bonchev–Trinajstić information content (AvgIpc) is 2.57. The summed E-state index contributed by atoms with van der Waals surface area (Å²) >= 11 is 0. The summed E-state index contributed by atoms with van der Waals surface area (Å²) in [6.45, 7) is 4.00. The van der Waals surface area contributed by atoms with Gasteiger partial charge in [-0.1, -0.05) is 31.5 Å². The lowest BCUT2D eigenvalue weighted by Crippen LogP contribution is -2.43. The number of carbonyl (C=O) groups is 1. The van der Waals surface area contributed by atoms with Gasteiger partial charge < -0.3 is 4.90 Å². The molecule has 0 saturated carbocycles. The number of para-hydroxylation sites is 1. The van der Waals surface area contributed by atoms with E-state index >= 15 is 0 Å². The van der Waals surface area contributed by atoms with Gasteiger partial charge >= 0.3 is 0 Å². The Morgan fingerprint density at radius 3 is 2.68 bits per heavy atom. The molecular weight excluding hydrogens is 244 g/mol. The molecule has 5 nitrogen and oxygen atoms in total. The summed E-state index contributed by atoms with van der Waals surface area (Å²) in [4.78, 5) is 24.7. The maximum atomic E-state index is 12.5. The molecule has 2 rings (SSSR count). The van der Waals surface area contributed by atoms with Gasteiger partial charge in [-0.2, -0.15) is 0 Å². The zero-order valence-electron chi connectivity index (χ0n) is 11.3. The smallest absolute Gasteiger partial charge is 0.244 e. The zero-order chi connectivity index (χ0) is 14.0. The minimum atomic E-state index is -1.03. The summed E-state index contributed by atoms with van der Waals surface area (Å²) in [7, 11) is 0. The van der Waals surface area contributed by atoms with Gasteiger partial charge in [0.15, 0.2) is 0 Å². The van der Waals surface area contributed by atoms with Crippen LogP contribution in [0.5, 0.6) is 0 Å². The SMILES string of the molecule is CCCCN1C(=O)C(C)(C[N+](=O)[O-])c2ccccc21. The minimum absolute atomic E-state index is 0.154. The van der Waals surface area contributed by atoms with Crippen LogP contribution in [0.3, 0.4) is 0 Å². The lowest BCUT2D eigenvalue weighted by atomic mass is 9.84. The highest BCUT2D eigenvalue weighted by atomic mass is 16.6. The second-order valence-corrected chi connectivity index (χ2v) is 5.15. The molecule has 0 fully saturated rings. The van der Waals surface area contributed by atoms with Gasteiger partial charge in [0.05, 0.1) is 0 Å². The minimum Gasteiger partial charge on any atom is -0.311 e. The Morgan fingerprint density at radius 2 is 2.05 bits per heavy atom. The van der Waals surface area contributed by atoms with Crippen molar-refractivity contribution in [3.63, 3.8) is 0 Å². The largest absolute Gasteiger partial charge is 0.311 e. The van der Waals surface area contributed by atoms with E-state index in [9.17, 15) is 14.9 Å². The molecule has 5 heteroatoms. The molecule has 1 aromatic carbocycles. The molecule has 0 radical (unpaired) electrons. The molecule has 0 aromatic heterocycles. The molecule has 1 unspecified atom stereocenters. The molecule has 0 saturated heterocycles. The van der Waals surface area contributed by atoms with E-state index in [0.717, 1.165) is 24.1 Å². The number of nitro groups is 1. The molecule has 1 heterocycles. The number of hydrogen-bond acceptors (Lipinski definition) is 3. The number of benzene rings is 1. The van der Waals surface area contributed by atoms with Crippen LogP contribution >= 0.6 is 0 Å². The quantitative estimate of drug-likeness (QED) is 0.604. The molecule has 1 aliphatic rings. The molecule has 0 bridgehead atoms. The van der Waals surface area contributed by atoms with E-state index in [1.165, 1.54) is 0 Å². The molecule has 1 aliphatic heterocycles. The normalized spacial score (nSPS) is 21.6. The van der Waals surface area contributed by atoms with Crippen LogP contribution in [-0.4, -0.2) is 23.9 Å². The third kappa shape index (κ3) is 2.20. The van der Waals surface area contributed by atoms with Crippen LogP contribution in [0.2, 0.25) is 0 Å². The fraction of sp³-hybridized carbons (Fsp3) is 0.500. The van der Waals surface area contributed by atoms with Crippen LogP contribution < -0.4 is 4.90 Å². The van der Waals surface area contributed by atoms with E-state index in [1.54, 1.807) is 11.8 Å². The lowest BCUT2D eigenvalue weighted by molar-refractivity contribution is -0.487. The Bertz CT molecular complexity index is 515. The first-order chi connectivity index (χ1) is 9.00. The maximum absolute atomic E-state index is 12.5. The molecule has 102 valence electrons. The van der Waals surface area contributed by atoms with Gasteiger partial charge in [-0.25, -0.2) is 0 Å². The molecule has 1 atom stereocenters. The fourth-order valence-corrected chi connectivity index (χ4v) is 2.65. The van der Waals surface area contributed by atoms with Crippen molar-refractivity contribution in [2.24, 2.45) is 0 Å². The number of nitrogens with zero attached hydrogens (tertiary/aromatic N) is 2. The molecule has 0 aliphatic carbocycles. The Hall–Kier alpha value is -1.91. The van der Waals surface area contributed by atoms with Crippen molar-refractivity contribution in [1.29, 1.82) is 0 Å². The van der Waals surface area contributed by atoms with E-state index in [-0.39, 0.29) is 12.5 Å². The number of unbranched alkanes of at least 4 members (excludes halogenated alkanes) is 1. The first kappa shape index (κ1) is 13.5. The molecular formula is C14H18N2O3. The Morgan fingerprint density at radius 1 is 1.37 bits per heavy atom. The Labute approximate surface area is 112 Å². The van der Waals surface area contributed by atoms with Crippen molar-refractivity contribution < 1.29 is 9.72 Å². The summed E-state index contributed by atoms with van der Waals surface area (Å²) in [5.74, 6) is -0.154. The molecule has 19 heavy (non-hydrogen) atoms. The first-order valence-electron chi connectivity index (χ1n) is 6.54. The first-order valence-corrected chi connectivity index (χ1v) is 6.54. The molecule has 1 amide bonds. The number of anilines is 1. The number of rotatable bonds is 5. The number of fused-ring (bicyclic) bond motifs is 1. The van der Waals surface area contributed by atoms with E-state index in [0.29, 0.717) is 6.54 Å². The summed E-state index contributed by atoms with van der Waals surface area (Å²) in [5.41, 5.74) is 0.562. The molecule has 0 N–H and O–H groups in total. The summed E-state index contributed by atoms with van der Waals surface area (Å²) in [6, 6.07) is 7.38. The summed E-state index contributed by atoms with van der Waals surface area (Å²) in [5, 5.41) is 10.9. The van der Waals surface area contributed by atoms with Gasteiger partial charge in [-0.05, 0) is 25.0 Å². The van der Waals surface area contributed by atoms with Crippen molar-refractivity contribution >= 4 is 11.6 Å². The Kier molecular flexibility index (Phi) is 3.55. The third-order valence-electron chi connectivity index (χ3n) is 3.69. The van der Waals surface area contributed by atoms with Gasteiger partial charge in [-0.15, -0.1) is 0 Å². The van der Waals surface area contributed by atoms with Crippen LogP contribution in [0.25, 0.3) is 0 Å². The maximum Gasteiger partial charge on any atom is 0.244 e. The van der Waals surface area contributed by atoms with Crippen molar-refractivity contribution in [1.82, 2.24) is 0 Å². The number of carbonyl (C=O) groups excluding carboxylic acids is 1. The van der Waals surface area contributed by atoms with E-state index in [4.69, 9.17) is 0 Å². The highest BCUT2D eigenvalue weighted by Crippen LogP contribution is 2.41. The van der Waals surface area contributed by atoms with Crippen LogP contribution in [-0.2, 0) is 10.2 Å². The van der Waals surface area contributed by atoms with Gasteiger partial charge in [0.2, 0.25) is 12.5 Å². The van der Waals surface area contributed by atoms with Crippen LogP contribution in [0, 0.1) is 10.1 Å². The van der Waals surface area contributed by atoms with E-state index in [2.05, 4.69) is 6.92 Å². The number of hydrogen-bond donors (Lipinski definition) is 0. The second kappa shape index (κ2) is 4.99. The number of amides is 1. The van der Waals surface area contributed by atoms with E-state index in [1.807, 2.05) is 24.3 Å². The van der Waals surface area contributed by atoms with Crippen LogP contribution in [0.1, 0.15) is 32.3 Å². The fourth-order valence-electron chi connectivity index (χ4n) is 2.65. The van der Waals surface area contributed by atoms with Gasteiger partial charge in [-0.3, -0.25) is 14.9 Å². The summed E-state index contributed by atoms with van der Waals surface area (Å²) < 4.78 is 0. The predicted molar refractivity (Wildman–Crippen MR) is 72.9 cm³/mol. The molecule has 1 aromatic rings.